The van der Waals surface area contributed by atoms with Gasteiger partial charge in [-0.2, -0.15) is 0 Å². The van der Waals surface area contributed by atoms with Crippen LogP contribution in [0.5, 0.6) is 0 Å². The molecule has 0 heterocycles. The van der Waals surface area contributed by atoms with Gasteiger partial charge in [-0.05, 0) is 12.1 Å². The van der Waals surface area contributed by atoms with E-state index in [1.54, 1.807) is 32.3 Å². The van der Waals surface area contributed by atoms with Gasteiger partial charge in [-0.3, -0.25) is 4.79 Å². The number of carbonyl (C=O) groups is 1. The number of amides is 1. The summed E-state index contributed by atoms with van der Waals surface area (Å²) >= 11 is 0. The normalized spacial score (nSPS) is 8.77. The van der Waals surface area contributed by atoms with E-state index in [-0.39, 0.29) is 18.3 Å². The molecule has 4 heteroatoms. The van der Waals surface area contributed by atoms with Crippen molar-refractivity contribution in [2.45, 2.75) is 0 Å². The Kier molecular flexibility index (Phi) is 4.28. The van der Waals surface area contributed by atoms with E-state index in [1.165, 1.54) is 4.90 Å². The van der Waals surface area contributed by atoms with Gasteiger partial charge >= 0.3 is 0 Å². The quantitative estimate of drug-likeness (QED) is 0.697. The summed E-state index contributed by atoms with van der Waals surface area (Å²) in [6, 6.07) is 7.04. The molecule has 13 heavy (non-hydrogen) atoms. The number of nitrogen functional groups attached to an aromatic ring is 1. The molecule has 0 bridgehead atoms. The van der Waals surface area contributed by atoms with Gasteiger partial charge in [-0.1, -0.05) is 12.1 Å². The first-order valence-electron chi connectivity index (χ1n) is 3.69. The van der Waals surface area contributed by atoms with Crippen LogP contribution in [0.2, 0.25) is 0 Å². The third-order valence-corrected chi connectivity index (χ3v) is 1.60. The minimum absolute atomic E-state index is 0. The summed E-state index contributed by atoms with van der Waals surface area (Å²) in [4.78, 5) is 12.9. The maximum Gasteiger partial charge on any atom is 0.255 e. The molecule has 0 aliphatic rings. The van der Waals surface area contributed by atoms with Crippen molar-refractivity contribution in [2.24, 2.45) is 0 Å². The van der Waals surface area contributed by atoms with Crippen LogP contribution in [0.1, 0.15) is 10.4 Å². The smallest absolute Gasteiger partial charge is 0.255 e. The van der Waals surface area contributed by atoms with E-state index >= 15 is 0 Å². The molecule has 0 atom stereocenters. The summed E-state index contributed by atoms with van der Waals surface area (Å²) in [6.45, 7) is 0. The predicted octanol–water partition coefficient (Wildman–Crippen LogP) is 1.39. The van der Waals surface area contributed by atoms with Gasteiger partial charge in [0.2, 0.25) is 0 Å². The molecule has 0 saturated heterocycles. The molecular weight excluding hydrogens is 188 g/mol. The molecule has 0 fully saturated rings. The fourth-order valence-electron chi connectivity index (χ4n) is 0.933. The van der Waals surface area contributed by atoms with Crippen molar-refractivity contribution in [2.75, 3.05) is 19.8 Å². The Morgan fingerprint density at radius 2 is 1.85 bits per heavy atom. The number of para-hydroxylation sites is 1. The molecule has 0 radical (unpaired) electrons. The number of carbonyl (C=O) groups excluding carboxylic acids is 1. The van der Waals surface area contributed by atoms with E-state index in [2.05, 4.69) is 0 Å². The summed E-state index contributed by atoms with van der Waals surface area (Å²) in [7, 11) is 3.41. The highest BCUT2D eigenvalue weighted by atomic mass is 35.5. The van der Waals surface area contributed by atoms with E-state index in [4.69, 9.17) is 5.73 Å². The molecule has 2 N–H and O–H groups in total. The average Bonchev–Trinajstić information content (AvgIpc) is 2.04. The maximum atomic E-state index is 11.4. The average molecular weight is 201 g/mol. The van der Waals surface area contributed by atoms with Gasteiger partial charge < -0.3 is 10.6 Å². The number of halogens is 1. The molecule has 0 spiro atoms. The lowest BCUT2D eigenvalue weighted by Crippen LogP contribution is -2.22. The molecule has 1 amide bonds. The van der Waals surface area contributed by atoms with Crippen molar-refractivity contribution in [3.63, 3.8) is 0 Å². The van der Waals surface area contributed by atoms with E-state index in [0.717, 1.165) is 0 Å². The fourth-order valence-corrected chi connectivity index (χ4v) is 0.933. The van der Waals surface area contributed by atoms with Crippen LogP contribution in [-0.2, 0) is 0 Å². The van der Waals surface area contributed by atoms with Crippen LogP contribution in [-0.4, -0.2) is 24.9 Å². The first-order chi connectivity index (χ1) is 5.63. The molecule has 0 aromatic heterocycles. The van der Waals surface area contributed by atoms with Gasteiger partial charge in [0.1, 0.15) is 0 Å². The van der Waals surface area contributed by atoms with Gasteiger partial charge in [-0.25, -0.2) is 0 Å². The second-order valence-corrected chi connectivity index (χ2v) is 2.79. The van der Waals surface area contributed by atoms with Crippen LogP contribution in [0, 0.1) is 0 Å². The Bertz CT molecular complexity index is 299. The zero-order valence-corrected chi connectivity index (χ0v) is 8.47. The summed E-state index contributed by atoms with van der Waals surface area (Å²) in [5.41, 5.74) is 6.69. The molecule has 1 aromatic carbocycles. The van der Waals surface area contributed by atoms with E-state index in [0.29, 0.717) is 11.3 Å². The van der Waals surface area contributed by atoms with E-state index in [9.17, 15) is 4.79 Å². The molecule has 0 saturated carbocycles. The molecule has 3 nitrogen and oxygen atoms in total. The van der Waals surface area contributed by atoms with Crippen molar-refractivity contribution in [3.8, 4) is 0 Å². The number of hydrogen-bond donors (Lipinski definition) is 1. The SMILES string of the molecule is CN(C)C(=O)c1ccccc1N.Cl. The van der Waals surface area contributed by atoms with Crippen LogP contribution in [0.25, 0.3) is 0 Å². The Morgan fingerprint density at radius 1 is 1.31 bits per heavy atom. The third kappa shape index (κ3) is 2.63. The topological polar surface area (TPSA) is 46.3 Å². The van der Waals surface area contributed by atoms with Gasteiger partial charge in [0.05, 0.1) is 5.56 Å². The highest BCUT2D eigenvalue weighted by Gasteiger charge is 2.09. The van der Waals surface area contributed by atoms with Crippen molar-refractivity contribution < 1.29 is 4.79 Å². The number of nitrogens with two attached hydrogens (primary N) is 1. The van der Waals surface area contributed by atoms with Crippen LogP contribution < -0.4 is 5.73 Å². The minimum atomic E-state index is -0.0619. The van der Waals surface area contributed by atoms with Crippen LogP contribution in [0.4, 0.5) is 5.69 Å². The minimum Gasteiger partial charge on any atom is -0.398 e. The Labute approximate surface area is 83.9 Å². The number of anilines is 1. The molecule has 72 valence electrons. The van der Waals surface area contributed by atoms with Crippen molar-refractivity contribution in [3.05, 3.63) is 29.8 Å². The van der Waals surface area contributed by atoms with Crippen LogP contribution in [0.15, 0.2) is 24.3 Å². The monoisotopic (exact) mass is 200 g/mol. The third-order valence-electron chi connectivity index (χ3n) is 1.60. The lowest BCUT2D eigenvalue weighted by Gasteiger charge is -2.11. The molecule has 0 aliphatic carbocycles. The highest BCUT2D eigenvalue weighted by molar-refractivity contribution is 5.98. The Balaban J connectivity index is 0.00000144. The summed E-state index contributed by atoms with van der Waals surface area (Å²) in [6.07, 6.45) is 0. The van der Waals surface area contributed by atoms with Gasteiger partial charge in [0, 0.05) is 19.8 Å². The van der Waals surface area contributed by atoms with Gasteiger partial charge in [-0.15, -0.1) is 12.4 Å². The molecule has 0 unspecified atom stereocenters. The van der Waals surface area contributed by atoms with Crippen molar-refractivity contribution >= 4 is 24.0 Å². The molecular formula is C9H13ClN2O. The van der Waals surface area contributed by atoms with Gasteiger partial charge in [0.15, 0.2) is 0 Å². The first kappa shape index (κ1) is 11.8. The highest BCUT2D eigenvalue weighted by Crippen LogP contribution is 2.11. The largest absolute Gasteiger partial charge is 0.398 e. The zero-order valence-electron chi connectivity index (χ0n) is 7.65. The Morgan fingerprint density at radius 3 is 2.31 bits per heavy atom. The van der Waals surface area contributed by atoms with Crippen molar-refractivity contribution in [1.82, 2.24) is 4.90 Å². The number of rotatable bonds is 1. The standard InChI is InChI=1S/C9H12N2O.ClH/c1-11(2)9(12)7-5-3-4-6-8(7)10;/h3-6H,10H2,1-2H3;1H. The summed E-state index contributed by atoms with van der Waals surface area (Å²) in [5, 5.41) is 0. The second-order valence-electron chi connectivity index (χ2n) is 2.79. The molecule has 1 aromatic rings. The zero-order chi connectivity index (χ0) is 9.14. The number of hydrogen-bond acceptors (Lipinski definition) is 2. The molecule has 0 aliphatic heterocycles. The van der Waals surface area contributed by atoms with Crippen LogP contribution >= 0.6 is 12.4 Å². The van der Waals surface area contributed by atoms with Crippen LogP contribution in [0.3, 0.4) is 0 Å². The molecule has 1 rings (SSSR count). The Hall–Kier alpha value is -1.22. The fraction of sp³-hybridized carbons (Fsp3) is 0.222. The predicted molar refractivity (Wildman–Crippen MR) is 56.1 cm³/mol. The van der Waals surface area contributed by atoms with E-state index in [1.807, 2.05) is 6.07 Å². The first-order valence-corrected chi connectivity index (χ1v) is 3.69. The summed E-state index contributed by atoms with van der Waals surface area (Å²) in [5.74, 6) is -0.0619. The van der Waals surface area contributed by atoms with E-state index < -0.39 is 0 Å². The van der Waals surface area contributed by atoms with Gasteiger partial charge in [0.25, 0.3) is 5.91 Å². The second kappa shape index (κ2) is 4.72. The van der Waals surface area contributed by atoms with Crippen molar-refractivity contribution in [1.29, 1.82) is 0 Å². The lowest BCUT2D eigenvalue weighted by molar-refractivity contribution is 0.0828. The lowest BCUT2D eigenvalue weighted by atomic mass is 10.1. The number of benzene rings is 1. The summed E-state index contributed by atoms with van der Waals surface area (Å²) < 4.78 is 0. The number of nitrogens with zero attached hydrogens (tertiary/aromatic N) is 1. The maximum absolute atomic E-state index is 11.4.